The Kier molecular flexibility index (Phi) is 2.88. The second kappa shape index (κ2) is 4.47. The number of phenols is 1. The lowest BCUT2D eigenvalue weighted by molar-refractivity contribution is 0.281. The number of phenolic OH excluding ortho intramolecular Hbond substituents is 1. The van der Waals surface area contributed by atoms with Gasteiger partial charge in [0.2, 0.25) is 9.84 Å². The number of rotatable bonds is 1. The standard InChI is InChI=1S/C15H12O4S/c16-9-10-1-2-11-3-4-12-8-13(17)5-6-14(12)20(18,19)15(11)7-10/h1-8,16-17H,9H2. The highest BCUT2D eigenvalue weighted by molar-refractivity contribution is 7.91. The molecule has 0 saturated heterocycles. The maximum Gasteiger partial charge on any atom is 0.207 e. The lowest BCUT2D eigenvalue weighted by atomic mass is 10.1. The van der Waals surface area contributed by atoms with E-state index < -0.39 is 9.84 Å². The Labute approximate surface area is 116 Å². The van der Waals surface area contributed by atoms with E-state index in [1.807, 2.05) is 0 Å². The molecule has 1 aliphatic heterocycles. The minimum Gasteiger partial charge on any atom is -0.508 e. The van der Waals surface area contributed by atoms with Crippen LogP contribution in [-0.2, 0) is 16.4 Å². The van der Waals surface area contributed by atoms with Crippen LogP contribution < -0.4 is 0 Å². The fourth-order valence-corrected chi connectivity index (χ4v) is 3.93. The van der Waals surface area contributed by atoms with Crippen LogP contribution in [0.2, 0.25) is 0 Å². The largest absolute Gasteiger partial charge is 0.508 e. The Morgan fingerprint density at radius 3 is 2.40 bits per heavy atom. The van der Waals surface area contributed by atoms with E-state index in [4.69, 9.17) is 5.11 Å². The first-order valence-electron chi connectivity index (χ1n) is 6.02. The van der Waals surface area contributed by atoms with Crippen molar-refractivity contribution in [3.8, 4) is 5.75 Å². The highest BCUT2D eigenvalue weighted by Crippen LogP contribution is 2.34. The van der Waals surface area contributed by atoms with Crippen molar-refractivity contribution >= 4 is 22.0 Å². The van der Waals surface area contributed by atoms with Crippen molar-refractivity contribution in [1.29, 1.82) is 0 Å². The van der Waals surface area contributed by atoms with Crippen LogP contribution in [0, 0.1) is 0 Å². The summed E-state index contributed by atoms with van der Waals surface area (Å²) < 4.78 is 25.4. The predicted octanol–water partition coefficient (Wildman–Crippen LogP) is 2.20. The van der Waals surface area contributed by atoms with Gasteiger partial charge < -0.3 is 10.2 Å². The van der Waals surface area contributed by atoms with Gasteiger partial charge in [0.05, 0.1) is 16.4 Å². The SMILES string of the molecule is O=S1(=O)c2ccc(O)cc2C=Cc2ccc(CO)cc21. The van der Waals surface area contributed by atoms with Crippen molar-refractivity contribution < 1.29 is 18.6 Å². The lowest BCUT2D eigenvalue weighted by Gasteiger charge is -2.09. The summed E-state index contributed by atoms with van der Waals surface area (Å²) in [6.07, 6.45) is 3.36. The fraction of sp³-hybridized carbons (Fsp3) is 0.0667. The molecule has 3 rings (SSSR count). The molecule has 0 saturated carbocycles. The van der Waals surface area contributed by atoms with Crippen molar-refractivity contribution in [2.75, 3.05) is 0 Å². The molecular weight excluding hydrogens is 276 g/mol. The lowest BCUT2D eigenvalue weighted by Crippen LogP contribution is -2.05. The Morgan fingerprint density at radius 2 is 1.65 bits per heavy atom. The summed E-state index contributed by atoms with van der Waals surface area (Å²) in [7, 11) is -3.67. The number of aliphatic hydroxyl groups excluding tert-OH is 1. The van der Waals surface area contributed by atoms with Gasteiger partial charge in [-0.1, -0.05) is 24.3 Å². The number of fused-ring (bicyclic) bond motifs is 2. The molecule has 0 radical (unpaired) electrons. The molecule has 2 aromatic rings. The van der Waals surface area contributed by atoms with E-state index in [2.05, 4.69) is 0 Å². The van der Waals surface area contributed by atoms with Crippen molar-refractivity contribution in [3.63, 3.8) is 0 Å². The number of hydrogen-bond donors (Lipinski definition) is 2. The molecule has 2 aromatic carbocycles. The van der Waals surface area contributed by atoms with Gasteiger partial charge >= 0.3 is 0 Å². The maximum atomic E-state index is 12.7. The van der Waals surface area contributed by atoms with Gasteiger partial charge in [-0.15, -0.1) is 0 Å². The van der Waals surface area contributed by atoms with E-state index in [-0.39, 0.29) is 22.1 Å². The van der Waals surface area contributed by atoms with Gasteiger partial charge in [-0.25, -0.2) is 8.42 Å². The zero-order chi connectivity index (χ0) is 14.3. The third-order valence-electron chi connectivity index (χ3n) is 3.28. The summed E-state index contributed by atoms with van der Waals surface area (Å²) in [5, 5.41) is 18.7. The fourth-order valence-electron chi connectivity index (χ4n) is 2.26. The molecule has 0 spiro atoms. The number of hydrogen-bond acceptors (Lipinski definition) is 4. The Bertz CT molecular complexity index is 820. The Morgan fingerprint density at radius 1 is 0.900 bits per heavy atom. The number of aliphatic hydroxyl groups is 1. The quantitative estimate of drug-likeness (QED) is 0.720. The van der Waals surface area contributed by atoms with E-state index in [0.717, 1.165) is 0 Å². The van der Waals surface area contributed by atoms with Crippen LogP contribution in [0.4, 0.5) is 0 Å². The summed E-state index contributed by atoms with van der Waals surface area (Å²) >= 11 is 0. The van der Waals surface area contributed by atoms with Crippen LogP contribution in [0.25, 0.3) is 12.2 Å². The summed E-state index contributed by atoms with van der Waals surface area (Å²) in [5.74, 6) is 0.0191. The summed E-state index contributed by atoms with van der Waals surface area (Å²) in [6, 6.07) is 9.00. The van der Waals surface area contributed by atoms with Crippen LogP contribution in [0.15, 0.2) is 46.2 Å². The minimum atomic E-state index is -3.67. The third-order valence-corrected chi connectivity index (χ3v) is 5.16. The molecule has 0 aliphatic carbocycles. The topological polar surface area (TPSA) is 74.6 Å². The first-order valence-corrected chi connectivity index (χ1v) is 7.50. The van der Waals surface area contributed by atoms with Crippen LogP contribution in [0.1, 0.15) is 16.7 Å². The van der Waals surface area contributed by atoms with E-state index in [1.165, 1.54) is 24.3 Å². The average Bonchev–Trinajstić information content (AvgIpc) is 2.54. The molecule has 0 amide bonds. The normalized spacial score (nSPS) is 15.2. The van der Waals surface area contributed by atoms with Gasteiger partial charge in [0, 0.05) is 0 Å². The smallest absolute Gasteiger partial charge is 0.207 e. The first kappa shape index (κ1) is 12.9. The van der Waals surface area contributed by atoms with E-state index in [1.54, 1.807) is 24.3 Å². The summed E-state index contributed by atoms with van der Waals surface area (Å²) in [4.78, 5) is 0.324. The summed E-state index contributed by atoms with van der Waals surface area (Å²) in [6.45, 7) is -0.213. The van der Waals surface area contributed by atoms with Gasteiger partial charge in [-0.3, -0.25) is 0 Å². The van der Waals surface area contributed by atoms with Gasteiger partial charge in [-0.05, 0) is 41.0 Å². The number of sulfone groups is 1. The molecule has 20 heavy (non-hydrogen) atoms. The van der Waals surface area contributed by atoms with Gasteiger partial charge in [0.15, 0.2) is 0 Å². The van der Waals surface area contributed by atoms with Crippen LogP contribution in [0.5, 0.6) is 5.75 Å². The molecule has 5 heteroatoms. The molecule has 0 unspecified atom stereocenters. The highest BCUT2D eigenvalue weighted by Gasteiger charge is 2.25. The second-order valence-corrected chi connectivity index (χ2v) is 6.48. The molecule has 0 aromatic heterocycles. The van der Waals surface area contributed by atoms with Crippen molar-refractivity contribution in [2.24, 2.45) is 0 Å². The van der Waals surface area contributed by atoms with Gasteiger partial charge in [0.25, 0.3) is 0 Å². The molecule has 102 valence electrons. The Hall–Kier alpha value is -2.11. The number of aromatic hydroxyl groups is 1. The second-order valence-electron chi connectivity index (χ2n) is 4.59. The average molecular weight is 288 g/mol. The monoisotopic (exact) mass is 288 g/mol. The Balaban J connectivity index is 2.34. The van der Waals surface area contributed by atoms with Crippen LogP contribution in [0.3, 0.4) is 0 Å². The van der Waals surface area contributed by atoms with Crippen molar-refractivity contribution in [3.05, 3.63) is 53.1 Å². The van der Waals surface area contributed by atoms with Crippen LogP contribution >= 0.6 is 0 Å². The van der Waals surface area contributed by atoms with Crippen LogP contribution in [-0.4, -0.2) is 18.6 Å². The molecule has 1 heterocycles. The zero-order valence-corrected chi connectivity index (χ0v) is 11.3. The summed E-state index contributed by atoms with van der Waals surface area (Å²) in [5.41, 5.74) is 1.56. The maximum absolute atomic E-state index is 12.7. The molecule has 2 N–H and O–H groups in total. The zero-order valence-electron chi connectivity index (χ0n) is 10.4. The van der Waals surface area contributed by atoms with E-state index in [0.29, 0.717) is 16.7 Å². The van der Waals surface area contributed by atoms with Gasteiger partial charge in [-0.2, -0.15) is 0 Å². The minimum absolute atomic E-state index is 0.0191. The predicted molar refractivity (Wildman–Crippen MR) is 74.9 cm³/mol. The molecule has 0 bridgehead atoms. The van der Waals surface area contributed by atoms with E-state index in [9.17, 15) is 13.5 Å². The molecule has 4 nitrogen and oxygen atoms in total. The molecular formula is C15H12O4S. The first-order chi connectivity index (χ1) is 9.52. The van der Waals surface area contributed by atoms with E-state index >= 15 is 0 Å². The van der Waals surface area contributed by atoms with Gasteiger partial charge in [0.1, 0.15) is 5.75 Å². The van der Waals surface area contributed by atoms with Crippen molar-refractivity contribution in [1.82, 2.24) is 0 Å². The third kappa shape index (κ3) is 1.92. The molecule has 0 fully saturated rings. The molecule has 0 atom stereocenters. The number of benzene rings is 2. The highest BCUT2D eigenvalue weighted by atomic mass is 32.2. The molecule has 1 aliphatic rings. The van der Waals surface area contributed by atoms with Crippen molar-refractivity contribution in [2.45, 2.75) is 16.4 Å².